The third-order valence-corrected chi connectivity index (χ3v) is 5.00. The number of hydrogen-bond acceptors (Lipinski definition) is 5. The molecular weight excluding hydrogens is 350 g/mol. The van der Waals surface area contributed by atoms with Gasteiger partial charge < -0.3 is 4.57 Å². The zero-order valence-electron chi connectivity index (χ0n) is 14.6. The minimum absolute atomic E-state index is 0.0230. The highest BCUT2D eigenvalue weighted by molar-refractivity contribution is 8.14. The first kappa shape index (κ1) is 17.9. The molecule has 8 heteroatoms. The highest BCUT2D eigenvalue weighted by atomic mass is 32.2. The summed E-state index contributed by atoms with van der Waals surface area (Å²) in [4.78, 5) is 15.0. The van der Waals surface area contributed by atoms with E-state index in [9.17, 15) is 10.1 Å². The van der Waals surface area contributed by atoms with Crippen LogP contribution in [0.2, 0.25) is 0 Å². The molecule has 1 aromatic carbocycles. The molecule has 0 spiro atoms. The first-order valence-electron chi connectivity index (χ1n) is 8.06. The van der Waals surface area contributed by atoms with E-state index in [4.69, 9.17) is 0 Å². The van der Waals surface area contributed by atoms with Gasteiger partial charge in [0.15, 0.2) is 5.17 Å². The Labute approximate surface area is 155 Å². The normalized spacial score (nSPS) is 15.5. The Bertz CT molecular complexity index is 930. The Morgan fingerprint density at radius 3 is 2.88 bits per heavy atom. The smallest absolute Gasteiger partial charge is 0.294 e. The van der Waals surface area contributed by atoms with Crippen molar-refractivity contribution in [1.82, 2.24) is 9.99 Å². The third kappa shape index (κ3) is 3.55. The van der Waals surface area contributed by atoms with E-state index in [1.165, 1.54) is 17.8 Å². The van der Waals surface area contributed by atoms with Gasteiger partial charge in [0.25, 0.3) is 5.69 Å². The summed E-state index contributed by atoms with van der Waals surface area (Å²) in [6.07, 6.45) is 1.87. The average Bonchev–Trinajstić information content (AvgIpc) is 2.91. The van der Waals surface area contributed by atoms with E-state index in [-0.39, 0.29) is 5.69 Å². The van der Waals surface area contributed by atoms with Gasteiger partial charge in [0.05, 0.1) is 10.6 Å². The number of nitro benzene ring substituents is 1. The van der Waals surface area contributed by atoms with Crippen molar-refractivity contribution in [2.75, 3.05) is 5.75 Å². The topological polar surface area (TPSA) is 84.8 Å². The number of aromatic nitrogens is 1. The maximum atomic E-state index is 11.1. The zero-order chi connectivity index (χ0) is 18.7. The quantitative estimate of drug-likeness (QED) is 0.492. The van der Waals surface area contributed by atoms with Crippen LogP contribution in [0, 0.1) is 24.0 Å². The predicted molar refractivity (Wildman–Crippen MR) is 106 cm³/mol. The highest BCUT2D eigenvalue weighted by Gasteiger charge is 2.19. The maximum Gasteiger partial charge on any atom is 0.294 e. The van der Waals surface area contributed by atoms with Crippen LogP contribution in [0.1, 0.15) is 17.0 Å². The van der Waals surface area contributed by atoms with E-state index in [0.29, 0.717) is 16.6 Å². The molecule has 1 N–H and O–H groups in total. The van der Waals surface area contributed by atoms with Crippen molar-refractivity contribution in [3.63, 3.8) is 0 Å². The fourth-order valence-corrected chi connectivity index (χ4v) is 3.60. The molecule has 3 rings (SSSR count). The minimum atomic E-state index is -0.434. The van der Waals surface area contributed by atoms with Crippen LogP contribution in [-0.2, 0) is 6.54 Å². The number of rotatable bonds is 5. The number of hydrazone groups is 1. The van der Waals surface area contributed by atoms with Crippen molar-refractivity contribution < 1.29 is 4.92 Å². The molecule has 1 aliphatic rings. The van der Waals surface area contributed by atoms with E-state index in [2.05, 4.69) is 46.6 Å². The van der Waals surface area contributed by atoms with Crippen molar-refractivity contribution >= 4 is 34.0 Å². The van der Waals surface area contributed by atoms with Crippen LogP contribution in [0.3, 0.4) is 0 Å². The van der Waals surface area contributed by atoms with E-state index in [1.807, 2.05) is 6.08 Å². The number of hydrogen-bond donors (Lipinski definition) is 1. The number of nitrogens with zero attached hydrogens (tertiary/aromatic N) is 4. The van der Waals surface area contributed by atoms with Gasteiger partial charge in [0.2, 0.25) is 0 Å². The van der Waals surface area contributed by atoms with Crippen molar-refractivity contribution in [3.05, 3.63) is 70.1 Å². The second-order valence-corrected chi connectivity index (χ2v) is 6.77. The SMILES string of the molecule is C=CCn1c(C)cc(C2=NNC(=Nc3ccccc3[N+](=O)[O-])SC2)c1C. The van der Waals surface area contributed by atoms with Crippen LogP contribution >= 0.6 is 11.8 Å². The Hall–Kier alpha value is -2.87. The lowest BCUT2D eigenvalue weighted by atomic mass is 10.1. The second kappa shape index (κ2) is 7.57. The summed E-state index contributed by atoms with van der Waals surface area (Å²) < 4.78 is 2.19. The number of amidine groups is 1. The molecule has 0 saturated carbocycles. The lowest BCUT2D eigenvalue weighted by Crippen LogP contribution is -2.25. The first-order valence-corrected chi connectivity index (χ1v) is 9.05. The van der Waals surface area contributed by atoms with Crippen molar-refractivity contribution in [3.8, 4) is 0 Å². The Morgan fingerprint density at radius 2 is 2.23 bits per heavy atom. The fourth-order valence-electron chi connectivity index (χ4n) is 2.84. The van der Waals surface area contributed by atoms with Gasteiger partial charge in [-0.15, -0.1) is 6.58 Å². The van der Waals surface area contributed by atoms with E-state index >= 15 is 0 Å². The molecule has 2 heterocycles. The van der Waals surface area contributed by atoms with Gasteiger partial charge in [-0.2, -0.15) is 5.10 Å². The van der Waals surface area contributed by atoms with E-state index < -0.39 is 4.92 Å². The van der Waals surface area contributed by atoms with Crippen molar-refractivity contribution in [2.24, 2.45) is 10.1 Å². The number of aliphatic imine (C=N–C) groups is 1. The summed E-state index contributed by atoms with van der Waals surface area (Å²) >= 11 is 1.47. The number of allylic oxidation sites excluding steroid dienone is 1. The monoisotopic (exact) mass is 369 g/mol. The molecule has 0 aliphatic carbocycles. The van der Waals surface area contributed by atoms with Crippen LogP contribution in [-0.4, -0.2) is 26.1 Å². The van der Waals surface area contributed by atoms with Crippen molar-refractivity contribution in [1.29, 1.82) is 0 Å². The molecule has 0 fully saturated rings. The molecule has 0 atom stereocenters. The summed E-state index contributed by atoms with van der Waals surface area (Å²) in [7, 11) is 0. The summed E-state index contributed by atoms with van der Waals surface area (Å²) in [6.45, 7) is 8.68. The molecule has 1 aliphatic heterocycles. The number of benzene rings is 1. The van der Waals surface area contributed by atoms with Gasteiger partial charge in [-0.1, -0.05) is 30.0 Å². The molecule has 0 radical (unpaired) electrons. The number of aryl methyl sites for hydroxylation is 1. The zero-order valence-corrected chi connectivity index (χ0v) is 15.4. The lowest BCUT2D eigenvalue weighted by molar-refractivity contribution is -0.384. The molecule has 0 saturated heterocycles. The van der Waals surface area contributed by atoms with Gasteiger partial charge in [0, 0.05) is 35.3 Å². The number of para-hydroxylation sites is 2. The molecular formula is C18H19N5O2S. The predicted octanol–water partition coefficient (Wildman–Crippen LogP) is 3.93. The molecule has 0 bridgehead atoms. The van der Waals surface area contributed by atoms with Crippen LogP contribution < -0.4 is 5.43 Å². The van der Waals surface area contributed by atoms with Gasteiger partial charge in [-0.25, -0.2) is 4.99 Å². The number of thioether (sulfide) groups is 1. The Kier molecular flexibility index (Phi) is 5.22. The standard InChI is InChI=1S/C18H19N5O2S/c1-4-9-22-12(2)10-14(13(22)3)16-11-26-18(21-20-16)19-15-7-5-6-8-17(15)23(24)25/h4-8,10H,1,9,11H2,2-3H3,(H,19,21). The van der Waals surface area contributed by atoms with Gasteiger partial charge in [-0.05, 0) is 26.0 Å². The van der Waals surface area contributed by atoms with Crippen LogP contribution in [0.15, 0.2) is 53.1 Å². The van der Waals surface area contributed by atoms with E-state index in [0.717, 1.165) is 29.2 Å². The minimum Gasteiger partial charge on any atom is -0.345 e. The first-order chi connectivity index (χ1) is 12.5. The Balaban J connectivity index is 1.84. The molecule has 1 aromatic heterocycles. The Morgan fingerprint density at radius 1 is 1.46 bits per heavy atom. The van der Waals surface area contributed by atoms with Crippen molar-refractivity contribution in [2.45, 2.75) is 20.4 Å². The maximum absolute atomic E-state index is 11.1. The summed E-state index contributed by atoms with van der Waals surface area (Å²) in [6, 6.07) is 8.53. The molecule has 7 nitrogen and oxygen atoms in total. The van der Waals surface area contributed by atoms with Gasteiger partial charge in [0.1, 0.15) is 5.69 Å². The summed E-state index contributed by atoms with van der Waals surface area (Å²) in [5.74, 6) is 0.644. The molecule has 0 amide bonds. The third-order valence-electron chi connectivity index (χ3n) is 4.13. The largest absolute Gasteiger partial charge is 0.345 e. The molecule has 26 heavy (non-hydrogen) atoms. The summed E-state index contributed by atoms with van der Waals surface area (Å²) in [5, 5.41) is 16.1. The molecule has 2 aromatic rings. The molecule has 134 valence electrons. The van der Waals surface area contributed by atoms with Crippen LogP contribution in [0.4, 0.5) is 11.4 Å². The lowest BCUT2D eigenvalue weighted by Gasteiger charge is -2.15. The van der Waals surface area contributed by atoms with E-state index in [1.54, 1.807) is 18.2 Å². The highest BCUT2D eigenvalue weighted by Crippen LogP contribution is 2.28. The summed E-state index contributed by atoms with van der Waals surface area (Å²) in [5.41, 5.74) is 7.53. The molecule has 0 unspecified atom stereocenters. The van der Waals surface area contributed by atoms with Crippen LogP contribution in [0.5, 0.6) is 0 Å². The average molecular weight is 369 g/mol. The van der Waals surface area contributed by atoms with Crippen LogP contribution in [0.25, 0.3) is 0 Å². The fraction of sp³-hybridized carbons (Fsp3) is 0.222. The van der Waals surface area contributed by atoms with Gasteiger partial charge in [-0.3, -0.25) is 15.5 Å². The number of nitrogens with one attached hydrogen (secondary N) is 1. The second-order valence-electron chi connectivity index (χ2n) is 5.81. The van der Waals surface area contributed by atoms with Gasteiger partial charge >= 0.3 is 0 Å². The number of nitro groups is 1.